The highest BCUT2D eigenvalue weighted by Gasteiger charge is 2.48. The van der Waals surface area contributed by atoms with Crippen molar-refractivity contribution < 1.29 is 17.3 Å². The summed E-state index contributed by atoms with van der Waals surface area (Å²) in [6, 6.07) is 0. The van der Waals surface area contributed by atoms with E-state index in [1.807, 2.05) is 6.92 Å². The Bertz CT molecular complexity index is 282. The van der Waals surface area contributed by atoms with Gasteiger partial charge in [0, 0.05) is 6.42 Å². The van der Waals surface area contributed by atoms with E-state index in [1.165, 1.54) is 0 Å². The molecule has 0 aromatic carbocycles. The molecule has 2 rings (SSSR count). The molecule has 70 valence electrons. The van der Waals surface area contributed by atoms with Crippen LogP contribution in [0.15, 0.2) is 0 Å². The van der Waals surface area contributed by atoms with Crippen LogP contribution in [-0.2, 0) is 19.0 Å². The molecular weight excluding hydrogens is 180 g/mol. The number of hydrogen-bond acceptors (Lipinski definition) is 4. The van der Waals surface area contributed by atoms with Gasteiger partial charge < -0.3 is 4.74 Å². The van der Waals surface area contributed by atoms with E-state index in [-0.39, 0.29) is 18.3 Å². The summed E-state index contributed by atoms with van der Waals surface area (Å²) in [5.74, 6) is 0. The Morgan fingerprint density at radius 1 is 1.25 bits per heavy atom. The Balaban J connectivity index is 2.32. The van der Waals surface area contributed by atoms with Crippen LogP contribution < -0.4 is 0 Å². The normalized spacial score (nSPS) is 50.8. The van der Waals surface area contributed by atoms with Crippen molar-refractivity contribution in [1.29, 1.82) is 0 Å². The van der Waals surface area contributed by atoms with Crippen LogP contribution in [0, 0.1) is 0 Å². The highest BCUT2D eigenvalue weighted by Crippen LogP contribution is 2.34. The molecule has 0 amide bonds. The zero-order valence-electron chi connectivity index (χ0n) is 7.06. The Morgan fingerprint density at radius 3 is 2.58 bits per heavy atom. The Labute approximate surface area is 72.0 Å². The predicted octanol–water partition coefficient (Wildman–Crippen LogP) is 0.281. The third kappa shape index (κ3) is 1.08. The molecule has 2 bridgehead atoms. The number of fused-ring (bicyclic) bond motifs is 2. The molecule has 5 heteroatoms. The highest BCUT2D eigenvalue weighted by atomic mass is 32.2. The monoisotopic (exact) mass is 192 g/mol. The van der Waals surface area contributed by atoms with Gasteiger partial charge in [0.25, 0.3) is 10.1 Å². The Kier molecular flexibility index (Phi) is 1.72. The first-order valence-corrected chi connectivity index (χ1v) is 5.55. The maximum absolute atomic E-state index is 11.3. The molecule has 4 atom stereocenters. The van der Waals surface area contributed by atoms with E-state index in [0.717, 1.165) is 0 Å². The van der Waals surface area contributed by atoms with Crippen molar-refractivity contribution in [3.8, 4) is 0 Å². The molecular formula is C7H12O4S. The zero-order valence-corrected chi connectivity index (χ0v) is 7.87. The third-order valence-corrected chi connectivity index (χ3v) is 4.34. The molecule has 2 aliphatic rings. The molecule has 0 spiro atoms. The molecule has 0 aliphatic carbocycles. The van der Waals surface area contributed by atoms with Gasteiger partial charge in [0.2, 0.25) is 0 Å². The zero-order chi connectivity index (χ0) is 8.93. The van der Waals surface area contributed by atoms with Gasteiger partial charge in [-0.25, -0.2) is 0 Å². The second kappa shape index (κ2) is 2.43. The fourth-order valence-electron chi connectivity index (χ4n) is 1.71. The number of ether oxygens (including phenoxy) is 1. The van der Waals surface area contributed by atoms with Crippen LogP contribution in [0.1, 0.15) is 20.3 Å². The Hall–Kier alpha value is -0.130. The van der Waals surface area contributed by atoms with Gasteiger partial charge in [0.15, 0.2) is 0 Å². The minimum atomic E-state index is -3.36. The quantitative estimate of drug-likeness (QED) is 0.517. The van der Waals surface area contributed by atoms with E-state index >= 15 is 0 Å². The first-order chi connectivity index (χ1) is 5.50. The lowest BCUT2D eigenvalue weighted by Gasteiger charge is -2.23. The lowest BCUT2D eigenvalue weighted by Crippen LogP contribution is -2.38. The van der Waals surface area contributed by atoms with E-state index in [0.29, 0.717) is 6.42 Å². The molecule has 0 aromatic heterocycles. The molecule has 12 heavy (non-hydrogen) atoms. The molecule has 0 N–H and O–H groups in total. The van der Waals surface area contributed by atoms with Crippen molar-refractivity contribution in [2.24, 2.45) is 0 Å². The van der Waals surface area contributed by atoms with Crippen LogP contribution in [0.3, 0.4) is 0 Å². The number of hydrogen-bond donors (Lipinski definition) is 0. The summed E-state index contributed by atoms with van der Waals surface area (Å²) in [6.07, 6.45) is 0.205. The van der Waals surface area contributed by atoms with Crippen LogP contribution in [-0.4, -0.2) is 32.0 Å². The smallest absolute Gasteiger partial charge is 0.272 e. The second-order valence-corrected chi connectivity index (χ2v) is 5.37. The summed E-state index contributed by atoms with van der Waals surface area (Å²) in [6.45, 7) is 3.48. The van der Waals surface area contributed by atoms with Gasteiger partial charge in [-0.15, -0.1) is 0 Å². The maximum Gasteiger partial charge on any atom is 0.272 e. The van der Waals surface area contributed by atoms with Gasteiger partial charge >= 0.3 is 0 Å². The average molecular weight is 192 g/mol. The van der Waals surface area contributed by atoms with Crippen LogP contribution >= 0.6 is 0 Å². The van der Waals surface area contributed by atoms with E-state index in [9.17, 15) is 8.42 Å². The lowest BCUT2D eigenvalue weighted by atomic mass is 10.1. The van der Waals surface area contributed by atoms with Gasteiger partial charge in [0.05, 0.1) is 12.2 Å². The SMILES string of the molecule is CC1OC2CC1OS(=O)(=O)C2C. The molecule has 0 aromatic rings. The molecule has 2 aliphatic heterocycles. The van der Waals surface area contributed by atoms with Gasteiger partial charge in [0.1, 0.15) is 11.4 Å². The largest absolute Gasteiger partial charge is 0.371 e. The van der Waals surface area contributed by atoms with Gasteiger partial charge in [-0.2, -0.15) is 8.42 Å². The second-order valence-electron chi connectivity index (χ2n) is 3.45. The van der Waals surface area contributed by atoms with Crippen molar-refractivity contribution in [2.45, 2.75) is 43.8 Å². The van der Waals surface area contributed by atoms with Crippen LogP contribution in [0.2, 0.25) is 0 Å². The first-order valence-electron chi connectivity index (χ1n) is 4.08. The number of rotatable bonds is 0. The van der Waals surface area contributed by atoms with Crippen LogP contribution in [0.5, 0.6) is 0 Å². The van der Waals surface area contributed by atoms with E-state index < -0.39 is 15.4 Å². The van der Waals surface area contributed by atoms with E-state index in [4.69, 9.17) is 8.92 Å². The first kappa shape index (κ1) is 8.47. The molecule has 4 nitrogen and oxygen atoms in total. The third-order valence-electron chi connectivity index (χ3n) is 2.61. The van der Waals surface area contributed by atoms with Crippen molar-refractivity contribution >= 4 is 10.1 Å². The molecule has 4 unspecified atom stereocenters. The summed E-state index contributed by atoms with van der Waals surface area (Å²) in [5.41, 5.74) is 0. The molecule has 2 fully saturated rings. The van der Waals surface area contributed by atoms with Crippen molar-refractivity contribution in [3.05, 3.63) is 0 Å². The van der Waals surface area contributed by atoms with E-state index in [2.05, 4.69) is 0 Å². The Morgan fingerprint density at radius 2 is 1.92 bits per heavy atom. The molecule has 0 radical (unpaired) electrons. The summed E-state index contributed by atoms with van der Waals surface area (Å²) in [7, 11) is -3.36. The average Bonchev–Trinajstić information content (AvgIpc) is 2.26. The molecule has 0 saturated carbocycles. The van der Waals surface area contributed by atoms with Gasteiger partial charge in [-0.05, 0) is 13.8 Å². The van der Waals surface area contributed by atoms with Crippen molar-refractivity contribution in [3.63, 3.8) is 0 Å². The minimum Gasteiger partial charge on any atom is -0.371 e. The van der Waals surface area contributed by atoms with E-state index in [1.54, 1.807) is 6.92 Å². The lowest BCUT2D eigenvalue weighted by molar-refractivity contribution is 0.0441. The standard InChI is InChI=1S/C7H12O4S/c1-4-6-3-7(10-4)5(2)12(8,9)11-6/h4-7H,3H2,1-2H3. The maximum atomic E-state index is 11.3. The topological polar surface area (TPSA) is 52.6 Å². The molecule has 2 heterocycles. The predicted molar refractivity (Wildman–Crippen MR) is 42.2 cm³/mol. The van der Waals surface area contributed by atoms with Crippen molar-refractivity contribution in [2.75, 3.05) is 0 Å². The van der Waals surface area contributed by atoms with Crippen molar-refractivity contribution in [1.82, 2.24) is 0 Å². The highest BCUT2D eigenvalue weighted by molar-refractivity contribution is 7.87. The molecule has 2 saturated heterocycles. The summed E-state index contributed by atoms with van der Waals surface area (Å²) < 4.78 is 32.9. The summed E-state index contributed by atoms with van der Waals surface area (Å²) in [5, 5.41) is -0.515. The fourth-order valence-corrected chi connectivity index (χ4v) is 3.01. The summed E-state index contributed by atoms with van der Waals surface area (Å²) in [4.78, 5) is 0. The van der Waals surface area contributed by atoms with Crippen LogP contribution in [0.25, 0.3) is 0 Å². The van der Waals surface area contributed by atoms with Gasteiger partial charge in [-0.3, -0.25) is 4.18 Å². The minimum absolute atomic E-state index is 0.0882. The summed E-state index contributed by atoms with van der Waals surface area (Å²) >= 11 is 0. The van der Waals surface area contributed by atoms with Gasteiger partial charge in [-0.1, -0.05) is 0 Å². The fraction of sp³-hybridized carbons (Fsp3) is 1.00. The van der Waals surface area contributed by atoms with Crippen LogP contribution in [0.4, 0.5) is 0 Å².